The first kappa shape index (κ1) is 20.9. The summed E-state index contributed by atoms with van der Waals surface area (Å²) in [6, 6.07) is 10.6. The average molecular weight is 410 g/mol. The molecule has 0 spiro atoms. The maximum absolute atomic E-state index is 12.8. The van der Waals surface area contributed by atoms with E-state index in [1.165, 1.54) is 37.2 Å². The van der Waals surface area contributed by atoms with Crippen LogP contribution in [0.15, 0.2) is 47.4 Å². The topological polar surface area (TPSA) is 101 Å². The summed E-state index contributed by atoms with van der Waals surface area (Å²) in [5.74, 6) is -0.952. The van der Waals surface area contributed by atoms with Crippen molar-refractivity contribution in [3.8, 4) is 0 Å². The second-order valence-corrected chi connectivity index (χ2v) is 8.71. The fourth-order valence-electron chi connectivity index (χ4n) is 2.37. The van der Waals surface area contributed by atoms with Gasteiger partial charge in [0.2, 0.25) is 15.9 Å². The normalized spacial score (nSPS) is 11.4. The lowest BCUT2D eigenvalue weighted by Gasteiger charge is -2.19. The summed E-state index contributed by atoms with van der Waals surface area (Å²) < 4.78 is 25.6. The van der Waals surface area contributed by atoms with Gasteiger partial charge >= 0.3 is 0 Å². The summed E-state index contributed by atoms with van der Waals surface area (Å²) in [7, 11) is 0.710. The van der Waals surface area contributed by atoms with Gasteiger partial charge in [-0.15, -0.1) is 0 Å². The molecule has 0 aromatic heterocycles. The summed E-state index contributed by atoms with van der Waals surface area (Å²) in [4.78, 5) is 25.3. The first-order valence-electron chi connectivity index (χ1n) is 7.90. The molecule has 0 atom stereocenters. The number of nitrogens with zero attached hydrogens (tertiary/aromatic N) is 2. The molecule has 0 saturated carbocycles. The number of carbonyl (C=O) groups is 2. The lowest BCUT2D eigenvalue weighted by atomic mass is 10.1. The average Bonchev–Trinajstić information content (AvgIpc) is 2.61. The quantitative estimate of drug-likeness (QED) is 0.787. The van der Waals surface area contributed by atoms with Crippen molar-refractivity contribution in [2.24, 2.45) is 5.73 Å². The van der Waals surface area contributed by atoms with Gasteiger partial charge in [0.1, 0.15) is 0 Å². The van der Waals surface area contributed by atoms with Crippen LogP contribution < -0.4 is 5.73 Å². The monoisotopic (exact) mass is 409 g/mol. The van der Waals surface area contributed by atoms with E-state index in [4.69, 9.17) is 17.3 Å². The standard InChI is InChI=1S/C18H20ClN3O4S/c1-21(2)27(25,26)14-8-9-16(19)15(10-14)18(24)22(3)11-12-4-6-13(7-5-12)17(20)23/h4-10H,11H2,1-3H3,(H2,20,23). The second-order valence-electron chi connectivity index (χ2n) is 6.15. The molecule has 0 bridgehead atoms. The zero-order valence-corrected chi connectivity index (χ0v) is 16.7. The summed E-state index contributed by atoms with van der Waals surface area (Å²) >= 11 is 6.12. The number of primary amides is 1. The maximum Gasteiger partial charge on any atom is 0.255 e. The molecule has 0 unspecified atom stereocenters. The summed E-state index contributed by atoms with van der Waals surface area (Å²) in [5.41, 5.74) is 6.45. The van der Waals surface area contributed by atoms with Crippen molar-refractivity contribution in [3.63, 3.8) is 0 Å². The summed E-state index contributed by atoms with van der Waals surface area (Å²) in [6.45, 7) is 0.249. The third-order valence-corrected chi connectivity index (χ3v) is 6.09. The Morgan fingerprint density at radius 1 is 1.04 bits per heavy atom. The number of nitrogens with two attached hydrogens (primary N) is 1. The summed E-state index contributed by atoms with van der Waals surface area (Å²) in [5, 5.41) is 0.161. The number of hydrogen-bond acceptors (Lipinski definition) is 4. The molecule has 0 aliphatic carbocycles. The fraction of sp³-hybridized carbons (Fsp3) is 0.222. The van der Waals surface area contributed by atoms with Crippen molar-refractivity contribution in [1.82, 2.24) is 9.21 Å². The Balaban J connectivity index is 2.27. The third-order valence-electron chi connectivity index (χ3n) is 3.95. The van der Waals surface area contributed by atoms with Crippen LogP contribution in [0.3, 0.4) is 0 Å². The van der Waals surface area contributed by atoms with Gasteiger partial charge in [0, 0.05) is 33.3 Å². The minimum atomic E-state index is -3.69. The van der Waals surface area contributed by atoms with Crippen LogP contribution in [0.4, 0.5) is 0 Å². The van der Waals surface area contributed by atoms with E-state index >= 15 is 0 Å². The van der Waals surface area contributed by atoms with Crippen LogP contribution in [0.1, 0.15) is 26.3 Å². The molecule has 0 saturated heterocycles. The first-order valence-corrected chi connectivity index (χ1v) is 9.72. The van der Waals surface area contributed by atoms with Crippen LogP contribution in [0.25, 0.3) is 0 Å². The predicted octanol–water partition coefficient (Wildman–Crippen LogP) is 1.96. The van der Waals surface area contributed by atoms with Gasteiger partial charge in [0.15, 0.2) is 0 Å². The maximum atomic E-state index is 12.8. The molecular weight excluding hydrogens is 390 g/mol. The molecule has 0 aliphatic heterocycles. The molecule has 0 heterocycles. The van der Waals surface area contributed by atoms with Crippen molar-refractivity contribution < 1.29 is 18.0 Å². The highest BCUT2D eigenvalue weighted by Crippen LogP contribution is 2.23. The number of rotatable bonds is 6. The Bertz CT molecular complexity index is 973. The molecule has 0 fully saturated rings. The van der Waals surface area contributed by atoms with Crippen LogP contribution in [0, 0.1) is 0 Å². The lowest BCUT2D eigenvalue weighted by Crippen LogP contribution is -2.27. The predicted molar refractivity (Wildman–Crippen MR) is 103 cm³/mol. The van der Waals surface area contributed by atoms with Gasteiger partial charge in [0.25, 0.3) is 5.91 Å². The molecule has 0 aliphatic rings. The molecule has 0 radical (unpaired) electrons. The third kappa shape index (κ3) is 4.65. The lowest BCUT2D eigenvalue weighted by molar-refractivity contribution is 0.0784. The van der Waals surface area contributed by atoms with E-state index < -0.39 is 21.8 Å². The molecule has 27 heavy (non-hydrogen) atoms. The van der Waals surface area contributed by atoms with Gasteiger partial charge in [-0.1, -0.05) is 23.7 Å². The Kier molecular flexibility index (Phi) is 6.25. The molecule has 144 valence electrons. The number of carbonyl (C=O) groups excluding carboxylic acids is 2. The van der Waals surface area contributed by atoms with E-state index in [-0.39, 0.29) is 22.0 Å². The van der Waals surface area contributed by atoms with Crippen LogP contribution in [0.2, 0.25) is 5.02 Å². The van der Waals surface area contributed by atoms with Gasteiger partial charge in [0.05, 0.1) is 15.5 Å². The minimum absolute atomic E-state index is 0.0144. The highest BCUT2D eigenvalue weighted by molar-refractivity contribution is 7.89. The highest BCUT2D eigenvalue weighted by atomic mass is 35.5. The Morgan fingerprint density at radius 3 is 2.15 bits per heavy atom. The smallest absolute Gasteiger partial charge is 0.255 e. The van der Waals surface area contributed by atoms with Gasteiger partial charge in [-0.3, -0.25) is 9.59 Å². The molecule has 2 aromatic rings. The van der Waals surface area contributed by atoms with Crippen LogP contribution in [-0.4, -0.2) is 50.6 Å². The van der Waals surface area contributed by atoms with Gasteiger partial charge in [-0.25, -0.2) is 12.7 Å². The van der Waals surface area contributed by atoms with Crippen LogP contribution in [0.5, 0.6) is 0 Å². The Hall–Kier alpha value is -2.42. The molecule has 2 N–H and O–H groups in total. The van der Waals surface area contributed by atoms with E-state index in [0.717, 1.165) is 9.87 Å². The number of halogens is 1. The molecule has 7 nitrogen and oxygen atoms in total. The van der Waals surface area contributed by atoms with E-state index in [1.807, 2.05) is 0 Å². The van der Waals surface area contributed by atoms with Gasteiger partial charge in [-0.2, -0.15) is 0 Å². The number of sulfonamides is 1. The van der Waals surface area contributed by atoms with E-state index in [2.05, 4.69) is 0 Å². The summed E-state index contributed by atoms with van der Waals surface area (Å²) in [6.07, 6.45) is 0. The van der Waals surface area contributed by atoms with Gasteiger partial charge < -0.3 is 10.6 Å². The highest BCUT2D eigenvalue weighted by Gasteiger charge is 2.22. The molecule has 2 aromatic carbocycles. The van der Waals surface area contributed by atoms with E-state index in [1.54, 1.807) is 31.3 Å². The van der Waals surface area contributed by atoms with Crippen LogP contribution in [-0.2, 0) is 16.6 Å². The molecule has 9 heteroatoms. The first-order chi connectivity index (χ1) is 12.5. The SMILES string of the molecule is CN(Cc1ccc(C(N)=O)cc1)C(=O)c1cc(S(=O)(=O)N(C)C)ccc1Cl. The van der Waals surface area contributed by atoms with Gasteiger partial charge in [-0.05, 0) is 35.9 Å². The van der Waals surface area contributed by atoms with Crippen LogP contribution >= 0.6 is 11.6 Å². The zero-order chi connectivity index (χ0) is 20.4. The van der Waals surface area contributed by atoms with Crippen molar-refractivity contribution in [1.29, 1.82) is 0 Å². The van der Waals surface area contributed by atoms with E-state index in [0.29, 0.717) is 5.56 Å². The Morgan fingerprint density at radius 2 is 1.63 bits per heavy atom. The van der Waals surface area contributed by atoms with Crippen molar-refractivity contribution in [2.45, 2.75) is 11.4 Å². The van der Waals surface area contributed by atoms with Crippen molar-refractivity contribution >= 4 is 33.4 Å². The molecule has 2 rings (SSSR count). The minimum Gasteiger partial charge on any atom is -0.366 e. The number of hydrogen-bond donors (Lipinski definition) is 1. The second kappa shape index (κ2) is 8.08. The van der Waals surface area contributed by atoms with Crippen molar-refractivity contribution in [2.75, 3.05) is 21.1 Å². The molecule has 2 amide bonds. The number of amides is 2. The van der Waals surface area contributed by atoms with Crippen molar-refractivity contribution in [3.05, 3.63) is 64.2 Å². The largest absolute Gasteiger partial charge is 0.366 e. The van der Waals surface area contributed by atoms with E-state index in [9.17, 15) is 18.0 Å². The number of benzene rings is 2. The zero-order valence-electron chi connectivity index (χ0n) is 15.1. The fourth-order valence-corrected chi connectivity index (χ4v) is 3.49. The Labute approximate surface area is 163 Å². The molecular formula is C18H20ClN3O4S.